The molecule has 33 heavy (non-hydrogen) atoms. The Bertz CT molecular complexity index is 896. The van der Waals surface area contributed by atoms with E-state index >= 15 is 0 Å². The van der Waals surface area contributed by atoms with Gasteiger partial charge in [-0.2, -0.15) is 0 Å². The Morgan fingerprint density at radius 3 is 2.55 bits per heavy atom. The van der Waals surface area contributed by atoms with E-state index in [1.165, 1.54) is 0 Å². The quantitative estimate of drug-likeness (QED) is 0.259. The van der Waals surface area contributed by atoms with Crippen molar-refractivity contribution in [3.05, 3.63) is 59.3 Å². The summed E-state index contributed by atoms with van der Waals surface area (Å²) in [5.41, 5.74) is 2.87. The molecule has 9 heteroatoms. The summed E-state index contributed by atoms with van der Waals surface area (Å²) in [6, 6.07) is 11.9. The highest BCUT2D eigenvalue weighted by atomic mass is 127. The normalized spacial score (nSPS) is 14.4. The molecular formula is C24H36IN7O. The number of halogens is 1. The zero-order valence-corrected chi connectivity index (χ0v) is 22.1. The average Bonchev–Trinajstić information content (AvgIpc) is 2.83. The molecule has 3 N–H and O–H groups in total. The van der Waals surface area contributed by atoms with Gasteiger partial charge in [-0.15, -0.1) is 24.0 Å². The standard InChI is InChI=1S/C24H35N7O.HI/c1-4-26-24(27-11-10-19-6-5-7-21(16-19)23(32)25-2)29-18-20-8-9-22(28-17-20)31-14-12-30(3)13-15-31;/h5-9,16-17H,4,10-15,18H2,1-3H3,(H,25,32)(H2,26,27,29);1H. The number of guanidine groups is 1. The number of hydrogen-bond donors (Lipinski definition) is 3. The van der Waals surface area contributed by atoms with Gasteiger partial charge < -0.3 is 25.8 Å². The number of nitrogens with one attached hydrogen (secondary N) is 3. The Morgan fingerprint density at radius 1 is 1.09 bits per heavy atom. The molecule has 1 saturated heterocycles. The molecule has 1 aromatic heterocycles. The fourth-order valence-corrected chi connectivity index (χ4v) is 3.58. The highest BCUT2D eigenvalue weighted by Gasteiger charge is 2.14. The lowest BCUT2D eigenvalue weighted by atomic mass is 10.1. The molecule has 3 rings (SSSR count). The minimum absolute atomic E-state index is 0. The van der Waals surface area contributed by atoms with Gasteiger partial charge >= 0.3 is 0 Å². The summed E-state index contributed by atoms with van der Waals surface area (Å²) in [6.07, 6.45) is 2.72. The second-order valence-corrected chi connectivity index (χ2v) is 7.97. The van der Waals surface area contributed by atoms with Gasteiger partial charge in [-0.1, -0.05) is 18.2 Å². The SMILES string of the molecule is CCNC(=NCc1ccc(N2CCN(C)CC2)nc1)NCCc1cccc(C(=O)NC)c1.I. The van der Waals surface area contributed by atoms with E-state index in [-0.39, 0.29) is 29.9 Å². The number of carbonyl (C=O) groups excluding carboxylic acids is 1. The number of piperazine rings is 1. The van der Waals surface area contributed by atoms with Crippen molar-refractivity contribution in [2.45, 2.75) is 19.9 Å². The fraction of sp³-hybridized carbons (Fsp3) is 0.458. The summed E-state index contributed by atoms with van der Waals surface area (Å²) < 4.78 is 0. The molecule has 8 nitrogen and oxygen atoms in total. The molecule has 2 heterocycles. The summed E-state index contributed by atoms with van der Waals surface area (Å²) in [7, 11) is 3.80. The lowest BCUT2D eigenvalue weighted by molar-refractivity contribution is 0.0963. The minimum atomic E-state index is -0.0676. The Morgan fingerprint density at radius 2 is 1.88 bits per heavy atom. The number of anilines is 1. The van der Waals surface area contributed by atoms with E-state index in [2.05, 4.69) is 56.8 Å². The van der Waals surface area contributed by atoms with Gasteiger partial charge in [0.2, 0.25) is 0 Å². The summed E-state index contributed by atoms with van der Waals surface area (Å²) in [4.78, 5) is 25.8. The Hall–Kier alpha value is -2.40. The lowest BCUT2D eigenvalue weighted by Gasteiger charge is -2.33. The number of aromatic nitrogens is 1. The van der Waals surface area contributed by atoms with Crippen LogP contribution < -0.4 is 20.9 Å². The summed E-state index contributed by atoms with van der Waals surface area (Å²) in [5.74, 6) is 1.75. The third-order valence-electron chi connectivity index (χ3n) is 5.52. The molecule has 0 radical (unpaired) electrons. The molecule has 1 amide bonds. The first-order valence-electron chi connectivity index (χ1n) is 11.3. The second kappa shape index (κ2) is 14.0. The minimum Gasteiger partial charge on any atom is -0.357 e. The monoisotopic (exact) mass is 565 g/mol. The van der Waals surface area contributed by atoms with Crippen molar-refractivity contribution in [2.24, 2.45) is 4.99 Å². The second-order valence-electron chi connectivity index (χ2n) is 7.97. The molecule has 0 aliphatic carbocycles. The van der Waals surface area contributed by atoms with Crippen molar-refractivity contribution in [1.82, 2.24) is 25.8 Å². The number of amides is 1. The van der Waals surface area contributed by atoms with Gasteiger partial charge in [-0.05, 0) is 49.7 Å². The molecule has 2 aromatic rings. The Kier molecular flexibility index (Phi) is 11.4. The van der Waals surface area contributed by atoms with Gasteiger partial charge in [0.25, 0.3) is 5.91 Å². The van der Waals surface area contributed by atoms with Crippen LogP contribution in [0.25, 0.3) is 0 Å². The van der Waals surface area contributed by atoms with Crippen molar-refractivity contribution >= 4 is 41.7 Å². The molecular weight excluding hydrogens is 529 g/mol. The van der Waals surface area contributed by atoms with E-state index in [4.69, 9.17) is 4.99 Å². The van der Waals surface area contributed by atoms with Crippen LogP contribution in [0.4, 0.5) is 5.82 Å². The van der Waals surface area contributed by atoms with Gasteiger partial charge in [0.1, 0.15) is 5.82 Å². The van der Waals surface area contributed by atoms with E-state index in [0.29, 0.717) is 12.1 Å². The van der Waals surface area contributed by atoms with Crippen molar-refractivity contribution < 1.29 is 4.79 Å². The van der Waals surface area contributed by atoms with Crippen molar-refractivity contribution in [2.75, 3.05) is 58.3 Å². The first kappa shape index (κ1) is 26.8. The molecule has 1 aromatic carbocycles. The maximum absolute atomic E-state index is 11.8. The van der Waals surface area contributed by atoms with Crippen LogP contribution in [0.3, 0.4) is 0 Å². The van der Waals surface area contributed by atoms with Crippen LogP contribution in [-0.2, 0) is 13.0 Å². The predicted octanol–water partition coefficient (Wildman–Crippen LogP) is 2.11. The number of nitrogens with zero attached hydrogens (tertiary/aromatic N) is 4. The fourth-order valence-electron chi connectivity index (χ4n) is 3.58. The maximum Gasteiger partial charge on any atom is 0.251 e. The number of hydrogen-bond acceptors (Lipinski definition) is 5. The number of rotatable bonds is 8. The number of benzene rings is 1. The zero-order chi connectivity index (χ0) is 22.8. The van der Waals surface area contributed by atoms with Crippen molar-refractivity contribution in [3.63, 3.8) is 0 Å². The molecule has 0 bridgehead atoms. The molecule has 1 aliphatic heterocycles. The number of likely N-dealkylation sites (N-methyl/N-ethyl adjacent to an activating group) is 1. The summed E-state index contributed by atoms with van der Waals surface area (Å²) >= 11 is 0. The lowest BCUT2D eigenvalue weighted by Crippen LogP contribution is -2.44. The topological polar surface area (TPSA) is 84.9 Å². The van der Waals surface area contributed by atoms with Gasteiger partial charge in [-0.3, -0.25) is 4.79 Å². The smallest absolute Gasteiger partial charge is 0.251 e. The number of aliphatic imine (C=N–C) groups is 1. The third kappa shape index (κ3) is 8.47. The molecule has 0 atom stereocenters. The van der Waals surface area contributed by atoms with Gasteiger partial charge in [0, 0.05) is 58.1 Å². The molecule has 0 saturated carbocycles. The summed E-state index contributed by atoms with van der Waals surface area (Å²) in [5, 5.41) is 9.32. The molecule has 1 fully saturated rings. The molecule has 1 aliphatic rings. The average molecular weight is 566 g/mol. The van der Waals surface area contributed by atoms with Crippen LogP contribution in [0.15, 0.2) is 47.6 Å². The summed E-state index contributed by atoms with van der Waals surface area (Å²) in [6.45, 7) is 8.31. The van der Waals surface area contributed by atoms with E-state index in [1.54, 1.807) is 7.05 Å². The van der Waals surface area contributed by atoms with Crippen LogP contribution >= 0.6 is 24.0 Å². The highest BCUT2D eigenvalue weighted by molar-refractivity contribution is 14.0. The van der Waals surface area contributed by atoms with Crippen LogP contribution in [0.5, 0.6) is 0 Å². The Balaban J connectivity index is 0.00000385. The maximum atomic E-state index is 11.8. The van der Waals surface area contributed by atoms with Crippen LogP contribution in [0.2, 0.25) is 0 Å². The Labute approximate surface area is 214 Å². The largest absolute Gasteiger partial charge is 0.357 e. The van der Waals surface area contributed by atoms with Crippen LogP contribution in [-0.4, -0.2) is 75.1 Å². The van der Waals surface area contributed by atoms with E-state index in [0.717, 1.165) is 68.6 Å². The number of pyridine rings is 1. The van der Waals surface area contributed by atoms with Crippen molar-refractivity contribution in [3.8, 4) is 0 Å². The molecule has 0 unspecified atom stereocenters. The van der Waals surface area contributed by atoms with Crippen LogP contribution in [0, 0.1) is 0 Å². The first-order chi connectivity index (χ1) is 15.6. The van der Waals surface area contributed by atoms with Gasteiger partial charge in [0.15, 0.2) is 5.96 Å². The van der Waals surface area contributed by atoms with Crippen LogP contribution in [0.1, 0.15) is 28.4 Å². The van der Waals surface area contributed by atoms with Gasteiger partial charge in [0.05, 0.1) is 6.54 Å². The van der Waals surface area contributed by atoms with Gasteiger partial charge in [-0.25, -0.2) is 9.98 Å². The zero-order valence-electron chi connectivity index (χ0n) is 19.8. The molecule has 0 spiro atoms. The molecule has 180 valence electrons. The number of carbonyl (C=O) groups is 1. The third-order valence-corrected chi connectivity index (χ3v) is 5.52. The van der Waals surface area contributed by atoms with Crippen molar-refractivity contribution in [1.29, 1.82) is 0 Å². The van der Waals surface area contributed by atoms with E-state index in [1.807, 2.05) is 30.5 Å². The predicted molar refractivity (Wildman–Crippen MR) is 146 cm³/mol. The van der Waals surface area contributed by atoms with E-state index < -0.39 is 0 Å². The highest BCUT2D eigenvalue weighted by Crippen LogP contribution is 2.14. The van der Waals surface area contributed by atoms with E-state index in [9.17, 15) is 4.79 Å². The first-order valence-corrected chi connectivity index (χ1v) is 11.3.